The number of carbonyl (C=O) groups is 1. The lowest BCUT2D eigenvalue weighted by Gasteiger charge is -2.13. The number of carboxylic acid groups (broad SMARTS) is 1. The second kappa shape index (κ2) is 6.55. The Bertz CT molecular complexity index is 864. The molecule has 3 heterocycles. The van der Waals surface area contributed by atoms with Gasteiger partial charge in [0, 0.05) is 17.6 Å². The lowest BCUT2D eigenvalue weighted by atomic mass is 10.1. The predicted octanol–water partition coefficient (Wildman–Crippen LogP) is 0.921. The fourth-order valence-corrected chi connectivity index (χ4v) is 5.71. The molecule has 0 bridgehead atoms. The number of aromatic nitrogens is 2. The number of carboxylic acids is 1. The second-order valence-electron chi connectivity index (χ2n) is 5.38. The van der Waals surface area contributed by atoms with Crippen molar-refractivity contribution in [2.45, 2.75) is 30.1 Å². The van der Waals surface area contributed by atoms with Crippen molar-refractivity contribution in [3.8, 4) is 0 Å². The first-order chi connectivity index (χ1) is 11.4. The summed E-state index contributed by atoms with van der Waals surface area (Å²) in [6, 6.07) is 1.01. The summed E-state index contributed by atoms with van der Waals surface area (Å²) in [4.78, 5) is 20.2. The average molecular weight is 368 g/mol. The zero-order valence-electron chi connectivity index (χ0n) is 12.8. The quantitative estimate of drug-likeness (QED) is 0.717. The number of nitrogens with zero attached hydrogens (tertiary/aromatic N) is 2. The van der Waals surface area contributed by atoms with Gasteiger partial charge in [-0.2, -0.15) is 0 Å². The van der Waals surface area contributed by atoms with Gasteiger partial charge in [0.25, 0.3) is 10.0 Å². The van der Waals surface area contributed by atoms with Gasteiger partial charge < -0.3 is 10.4 Å². The summed E-state index contributed by atoms with van der Waals surface area (Å²) in [6.45, 7) is 2.76. The summed E-state index contributed by atoms with van der Waals surface area (Å²) >= 11 is 1.01. The third kappa shape index (κ3) is 3.18. The smallest absolute Gasteiger partial charge is 0.338 e. The molecule has 0 fully saturated rings. The van der Waals surface area contributed by atoms with E-state index in [9.17, 15) is 18.3 Å². The van der Waals surface area contributed by atoms with Crippen LogP contribution in [0.2, 0.25) is 0 Å². The molecule has 24 heavy (non-hydrogen) atoms. The molecule has 10 heteroatoms. The van der Waals surface area contributed by atoms with Crippen LogP contribution in [0.25, 0.3) is 0 Å². The van der Waals surface area contributed by atoms with Crippen molar-refractivity contribution in [3.63, 3.8) is 0 Å². The van der Waals surface area contributed by atoms with Crippen LogP contribution in [0, 0.1) is 0 Å². The predicted molar refractivity (Wildman–Crippen MR) is 87.5 cm³/mol. The summed E-state index contributed by atoms with van der Waals surface area (Å²) in [6.07, 6.45) is 3.36. The Morgan fingerprint density at radius 1 is 1.50 bits per heavy atom. The fraction of sp³-hybridized carbons (Fsp3) is 0.357. The third-order valence-electron chi connectivity index (χ3n) is 3.73. The van der Waals surface area contributed by atoms with Crippen molar-refractivity contribution >= 4 is 27.3 Å². The van der Waals surface area contributed by atoms with Gasteiger partial charge in [-0.15, -0.1) is 11.3 Å². The van der Waals surface area contributed by atoms with Crippen LogP contribution in [-0.2, 0) is 23.0 Å². The van der Waals surface area contributed by atoms with Crippen LogP contribution in [0.3, 0.4) is 0 Å². The van der Waals surface area contributed by atoms with Crippen LogP contribution in [0.4, 0.5) is 0 Å². The zero-order chi connectivity index (χ0) is 17.3. The lowest BCUT2D eigenvalue weighted by Crippen LogP contribution is -2.28. The Balaban J connectivity index is 1.98. The van der Waals surface area contributed by atoms with Gasteiger partial charge in [0.1, 0.15) is 10.5 Å². The van der Waals surface area contributed by atoms with E-state index < -0.39 is 22.0 Å². The third-order valence-corrected chi connectivity index (χ3v) is 7.03. The minimum absolute atomic E-state index is 0.112. The van der Waals surface area contributed by atoms with Crippen LogP contribution in [0.1, 0.15) is 39.5 Å². The van der Waals surface area contributed by atoms with E-state index >= 15 is 0 Å². The number of hydrogen-bond acceptors (Lipinski definition) is 7. The van der Waals surface area contributed by atoms with E-state index in [4.69, 9.17) is 0 Å². The van der Waals surface area contributed by atoms with Gasteiger partial charge in [-0.3, -0.25) is 0 Å². The standard InChI is InChI=1S/C14H16N4O4S2/c1-8(10-3-5-16-7-17-10)18-24(21,22)14-12(13(19)20)9-2-4-15-6-11(9)23-14/h3,5,7-8,15,18H,2,4,6H2,1H3,(H,19,20)/t8-/m1/s1. The van der Waals surface area contributed by atoms with E-state index in [1.807, 2.05) is 0 Å². The van der Waals surface area contributed by atoms with Crippen molar-refractivity contribution in [2.75, 3.05) is 6.54 Å². The van der Waals surface area contributed by atoms with E-state index in [0.29, 0.717) is 30.8 Å². The molecular formula is C14H16N4O4S2. The van der Waals surface area contributed by atoms with Crippen molar-refractivity contribution < 1.29 is 18.3 Å². The van der Waals surface area contributed by atoms with Crippen molar-refractivity contribution in [1.82, 2.24) is 20.0 Å². The molecule has 1 atom stereocenters. The molecule has 0 aromatic carbocycles. The van der Waals surface area contributed by atoms with Gasteiger partial charge in [-0.05, 0) is 31.5 Å². The second-order valence-corrected chi connectivity index (χ2v) is 8.39. The first kappa shape index (κ1) is 17.0. The lowest BCUT2D eigenvalue weighted by molar-refractivity contribution is 0.0692. The van der Waals surface area contributed by atoms with Gasteiger partial charge in [0.05, 0.1) is 17.3 Å². The van der Waals surface area contributed by atoms with E-state index in [1.54, 1.807) is 13.0 Å². The Hall–Kier alpha value is -1.88. The summed E-state index contributed by atoms with van der Waals surface area (Å²) < 4.78 is 27.8. The molecule has 0 aliphatic carbocycles. The Kier molecular flexibility index (Phi) is 4.63. The van der Waals surface area contributed by atoms with Crippen LogP contribution in [-0.4, -0.2) is 36.0 Å². The highest BCUT2D eigenvalue weighted by Gasteiger charge is 2.32. The molecule has 3 rings (SSSR count). The highest BCUT2D eigenvalue weighted by molar-refractivity contribution is 7.91. The Morgan fingerprint density at radius 2 is 2.29 bits per heavy atom. The maximum Gasteiger partial charge on any atom is 0.338 e. The molecule has 3 N–H and O–H groups in total. The van der Waals surface area contributed by atoms with E-state index in [0.717, 1.165) is 16.2 Å². The molecule has 0 unspecified atom stereocenters. The van der Waals surface area contributed by atoms with Crippen molar-refractivity contribution in [2.24, 2.45) is 0 Å². The Morgan fingerprint density at radius 3 is 2.96 bits per heavy atom. The number of thiophene rings is 1. The molecule has 0 saturated heterocycles. The number of nitrogens with one attached hydrogen (secondary N) is 2. The van der Waals surface area contributed by atoms with E-state index in [-0.39, 0.29) is 9.77 Å². The molecule has 1 aliphatic heterocycles. The number of fused-ring (bicyclic) bond motifs is 1. The fourth-order valence-electron chi connectivity index (χ4n) is 2.62. The molecule has 0 saturated carbocycles. The van der Waals surface area contributed by atoms with Gasteiger partial charge in [-0.1, -0.05) is 0 Å². The van der Waals surface area contributed by atoms with E-state index in [1.165, 1.54) is 12.5 Å². The first-order valence-electron chi connectivity index (χ1n) is 7.27. The van der Waals surface area contributed by atoms with Gasteiger partial charge in [-0.25, -0.2) is 27.9 Å². The Labute approximate surface area is 143 Å². The molecule has 0 spiro atoms. The van der Waals surface area contributed by atoms with Crippen LogP contribution < -0.4 is 10.0 Å². The maximum atomic E-state index is 12.7. The maximum absolute atomic E-state index is 12.7. The molecule has 128 valence electrons. The molecule has 0 radical (unpaired) electrons. The number of aromatic carboxylic acids is 1. The highest BCUT2D eigenvalue weighted by Crippen LogP contribution is 2.34. The van der Waals surface area contributed by atoms with Crippen LogP contribution in [0.15, 0.2) is 22.8 Å². The minimum atomic E-state index is -3.98. The number of hydrogen-bond donors (Lipinski definition) is 3. The summed E-state index contributed by atoms with van der Waals surface area (Å²) in [7, 11) is -3.98. The monoisotopic (exact) mass is 368 g/mol. The normalized spacial score (nSPS) is 15.7. The first-order valence-corrected chi connectivity index (χ1v) is 9.57. The average Bonchev–Trinajstić information content (AvgIpc) is 2.96. The van der Waals surface area contributed by atoms with Crippen molar-refractivity contribution in [3.05, 3.63) is 40.3 Å². The van der Waals surface area contributed by atoms with Crippen molar-refractivity contribution in [1.29, 1.82) is 0 Å². The van der Waals surface area contributed by atoms with Gasteiger partial charge >= 0.3 is 5.97 Å². The van der Waals surface area contributed by atoms with Crippen LogP contribution in [0.5, 0.6) is 0 Å². The summed E-state index contributed by atoms with van der Waals surface area (Å²) in [5.74, 6) is -1.22. The molecule has 0 amide bonds. The largest absolute Gasteiger partial charge is 0.478 e. The zero-order valence-corrected chi connectivity index (χ0v) is 14.4. The topological polar surface area (TPSA) is 121 Å². The minimum Gasteiger partial charge on any atom is -0.478 e. The van der Waals surface area contributed by atoms with E-state index in [2.05, 4.69) is 20.0 Å². The molecule has 2 aromatic heterocycles. The highest BCUT2D eigenvalue weighted by atomic mass is 32.2. The van der Waals surface area contributed by atoms with Gasteiger partial charge in [0.15, 0.2) is 0 Å². The number of sulfonamides is 1. The molecule has 8 nitrogen and oxygen atoms in total. The summed E-state index contributed by atoms with van der Waals surface area (Å²) in [5.41, 5.74) is 1.01. The van der Waals surface area contributed by atoms with Crippen LogP contribution >= 0.6 is 11.3 Å². The molecule has 1 aliphatic rings. The molecule has 2 aromatic rings. The number of rotatable bonds is 5. The SMILES string of the molecule is C[C@@H](NS(=O)(=O)c1sc2c(c1C(=O)O)CCNC2)c1ccncn1. The van der Waals surface area contributed by atoms with Gasteiger partial charge in [0.2, 0.25) is 0 Å². The summed E-state index contributed by atoms with van der Waals surface area (Å²) in [5, 5.41) is 12.6. The molecular weight excluding hydrogens is 352 g/mol.